The predicted octanol–water partition coefficient (Wildman–Crippen LogP) is 0.970. The number of hydrogen-bond acceptors (Lipinski definition) is 5. The summed E-state index contributed by atoms with van der Waals surface area (Å²) in [5.74, 6) is -1.84. The SMILES string of the molecule is O=C(COc1ccc(C(=O)O)cc1S(=O)(=O)Cl)NC1CC1. The predicted molar refractivity (Wildman–Crippen MR) is 73.1 cm³/mol. The highest BCUT2D eigenvalue weighted by Crippen LogP contribution is 2.28. The van der Waals surface area contributed by atoms with Gasteiger partial charge in [-0.1, -0.05) is 0 Å². The molecule has 0 heterocycles. The molecule has 0 saturated heterocycles. The van der Waals surface area contributed by atoms with Gasteiger partial charge < -0.3 is 15.2 Å². The molecule has 1 fully saturated rings. The lowest BCUT2D eigenvalue weighted by molar-refractivity contribution is -0.123. The van der Waals surface area contributed by atoms with Crippen molar-refractivity contribution in [1.82, 2.24) is 5.32 Å². The van der Waals surface area contributed by atoms with Gasteiger partial charge in [-0.25, -0.2) is 13.2 Å². The van der Waals surface area contributed by atoms with Gasteiger partial charge in [0.25, 0.3) is 15.0 Å². The Labute approximate surface area is 125 Å². The van der Waals surface area contributed by atoms with Crippen molar-refractivity contribution in [1.29, 1.82) is 0 Å². The molecule has 21 heavy (non-hydrogen) atoms. The zero-order chi connectivity index (χ0) is 15.6. The molecule has 1 aromatic carbocycles. The Balaban J connectivity index is 2.17. The minimum absolute atomic E-state index is 0.159. The van der Waals surface area contributed by atoms with Crippen molar-refractivity contribution >= 4 is 31.6 Å². The number of hydrogen-bond donors (Lipinski definition) is 2. The molecule has 114 valence electrons. The van der Waals surface area contributed by atoms with E-state index in [1.807, 2.05) is 0 Å². The smallest absolute Gasteiger partial charge is 0.335 e. The van der Waals surface area contributed by atoms with Crippen molar-refractivity contribution in [3.05, 3.63) is 23.8 Å². The molecule has 0 bridgehead atoms. The number of carbonyl (C=O) groups excluding carboxylic acids is 1. The van der Waals surface area contributed by atoms with Crippen LogP contribution < -0.4 is 10.1 Å². The molecule has 0 atom stereocenters. The monoisotopic (exact) mass is 333 g/mol. The molecule has 0 aliphatic heterocycles. The third kappa shape index (κ3) is 4.33. The van der Waals surface area contributed by atoms with E-state index in [1.54, 1.807) is 0 Å². The molecule has 0 radical (unpaired) electrons. The summed E-state index contributed by atoms with van der Waals surface area (Å²) in [6, 6.07) is 3.37. The molecule has 2 N–H and O–H groups in total. The maximum Gasteiger partial charge on any atom is 0.335 e. The number of halogens is 1. The lowest BCUT2D eigenvalue weighted by atomic mass is 10.2. The van der Waals surface area contributed by atoms with Gasteiger partial charge in [-0.2, -0.15) is 0 Å². The van der Waals surface area contributed by atoms with Gasteiger partial charge in [0, 0.05) is 16.7 Å². The highest BCUT2D eigenvalue weighted by atomic mass is 35.7. The summed E-state index contributed by atoms with van der Waals surface area (Å²) in [4.78, 5) is 21.9. The number of aromatic carboxylic acids is 1. The summed E-state index contributed by atoms with van der Waals surface area (Å²) >= 11 is 0. The first-order chi connectivity index (χ1) is 9.77. The normalized spacial score (nSPS) is 14.5. The van der Waals surface area contributed by atoms with E-state index in [9.17, 15) is 18.0 Å². The number of carboxylic acids is 1. The van der Waals surface area contributed by atoms with Crippen LogP contribution >= 0.6 is 10.7 Å². The Morgan fingerprint density at radius 2 is 2.05 bits per heavy atom. The van der Waals surface area contributed by atoms with Crippen molar-refractivity contribution in [2.45, 2.75) is 23.8 Å². The van der Waals surface area contributed by atoms with Crippen molar-refractivity contribution < 1.29 is 27.9 Å². The summed E-state index contributed by atoms with van der Waals surface area (Å²) < 4.78 is 28.0. The fourth-order valence-corrected chi connectivity index (χ4v) is 2.59. The van der Waals surface area contributed by atoms with E-state index in [-0.39, 0.29) is 29.9 Å². The molecule has 0 spiro atoms. The molecular formula is C12H12ClNO6S. The number of nitrogens with one attached hydrogen (secondary N) is 1. The van der Waals surface area contributed by atoms with Gasteiger partial charge in [-0.15, -0.1) is 0 Å². The van der Waals surface area contributed by atoms with Crippen molar-refractivity contribution in [3.8, 4) is 5.75 Å². The quantitative estimate of drug-likeness (QED) is 0.751. The minimum Gasteiger partial charge on any atom is -0.482 e. The maximum atomic E-state index is 11.5. The molecule has 1 aliphatic rings. The average molecular weight is 334 g/mol. The second-order valence-corrected chi connectivity index (χ2v) is 7.07. The summed E-state index contributed by atoms with van der Waals surface area (Å²) in [5.41, 5.74) is -0.246. The van der Waals surface area contributed by atoms with E-state index in [4.69, 9.17) is 20.5 Å². The van der Waals surface area contributed by atoms with Gasteiger partial charge in [0.1, 0.15) is 10.6 Å². The van der Waals surface area contributed by atoms with Crippen LogP contribution in [-0.4, -0.2) is 38.0 Å². The molecule has 1 amide bonds. The van der Waals surface area contributed by atoms with Gasteiger partial charge in [-0.05, 0) is 31.0 Å². The Bertz CT molecular complexity index is 683. The molecule has 1 aromatic rings. The maximum absolute atomic E-state index is 11.5. The zero-order valence-electron chi connectivity index (χ0n) is 10.7. The van der Waals surface area contributed by atoms with Crippen LogP contribution in [-0.2, 0) is 13.8 Å². The van der Waals surface area contributed by atoms with Crippen LogP contribution in [0.2, 0.25) is 0 Å². The number of carbonyl (C=O) groups is 2. The van der Waals surface area contributed by atoms with Gasteiger partial charge >= 0.3 is 5.97 Å². The van der Waals surface area contributed by atoms with Gasteiger partial charge in [0.2, 0.25) is 0 Å². The number of rotatable bonds is 6. The molecular weight excluding hydrogens is 322 g/mol. The van der Waals surface area contributed by atoms with Crippen LogP contribution in [0.15, 0.2) is 23.1 Å². The van der Waals surface area contributed by atoms with E-state index in [1.165, 1.54) is 6.07 Å². The van der Waals surface area contributed by atoms with Crippen molar-refractivity contribution in [2.24, 2.45) is 0 Å². The van der Waals surface area contributed by atoms with Crippen LogP contribution in [0.1, 0.15) is 23.2 Å². The highest BCUT2D eigenvalue weighted by molar-refractivity contribution is 8.13. The number of benzene rings is 1. The van der Waals surface area contributed by atoms with E-state index in [2.05, 4.69) is 5.32 Å². The first-order valence-electron chi connectivity index (χ1n) is 6.01. The second kappa shape index (κ2) is 5.90. The Morgan fingerprint density at radius 3 is 2.57 bits per heavy atom. The van der Waals surface area contributed by atoms with E-state index < -0.39 is 19.9 Å². The first-order valence-corrected chi connectivity index (χ1v) is 8.32. The third-order valence-corrected chi connectivity index (χ3v) is 4.10. The third-order valence-electron chi connectivity index (χ3n) is 2.75. The van der Waals surface area contributed by atoms with E-state index in [0.717, 1.165) is 25.0 Å². The Morgan fingerprint density at radius 1 is 1.38 bits per heavy atom. The zero-order valence-corrected chi connectivity index (χ0v) is 12.3. The van der Waals surface area contributed by atoms with Crippen LogP contribution in [0.3, 0.4) is 0 Å². The van der Waals surface area contributed by atoms with Crippen LogP contribution in [0.25, 0.3) is 0 Å². The summed E-state index contributed by atoms with van der Waals surface area (Å²) in [6.07, 6.45) is 1.83. The second-order valence-electron chi connectivity index (χ2n) is 4.53. The summed E-state index contributed by atoms with van der Waals surface area (Å²) in [6.45, 7) is -0.373. The summed E-state index contributed by atoms with van der Waals surface area (Å²) in [5, 5.41) is 11.5. The van der Waals surface area contributed by atoms with Crippen LogP contribution in [0.5, 0.6) is 5.75 Å². The highest BCUT2D eigenvalue weighted by Gasteiger charge is 2.24. The minimum atomic E-state index is -4.20. The molecule has 1 saturated carbocycles. The van der Waals surface area contributed by atoms with Crippen LogP contribution in [0, 0.1) is 0 Å². The first kappa shape index (κ1) is 15.6. The lowest BCUT2D eigenvalue weighted by Crippen LogP contribution is -2.30. The molecule has 1 aliphatic carbocycles. The van der Waals surface area contributed by atoms with E-state index >= 15 is 0 Å². The number of ether oxygens (including phenoxy) is 1. The van der Waals surface area contributed by atoms with Gasteiger partial charge in [0.15, 0.2) is 6.61 Å². The Kier molecular flexibility index (Phi) is 4.38. The number of carboxylic acid groups (broad SMARTS) is 1. The molecule has 2 rings (SSSR count). The lowest BCUT2D eigenvalue weighted by Gasteiger charge is -2.10. The van der Waals surface area contributed by atoms with Crippen molar-refractivity contribution in [2.75, 3.05) is 6.61 Å². The Hall–Kier alpha value is -1.80. The molecule has 0 aromatic heterocycles. The topological polar surface area (TPSA) is 110 Å². The average Bonchev–Trinajstić information content (AvgIpc) is 3.18. The summed E-state index contributed by atoms with van der Waals surface area (Å²) in [7, 11) is 1.05. The largest absolute Gasteiger partial charge is 0.482 e. The van der Waals surface area contributed by atoms with E-state index in [0.29, 0.717) is 0 Å². The van der Waals surface area contributed by atoms with Gasteiger partial charge in [0.05, 0.1) is 5.56 Å². The molecule has 0 unspecified atom stereocenters. The van der Waals surface area contributed by atoms with Crippen LogP contribution in [0.4, 0.5) is 0 Å². The standard InChI is InChI=1S/C12H12ClNO6S/c13-21(18,19)10-5-7(12(16)17)1-4-9(10)20-6-11(15)14-8-2-3-8/h1,4-5,8H,2-3,6H2,(H,14,15)(H,16,17). The fraction of sp³-hybridized carbons (Fsp3) is 0.333. The molecule has 9 heteroatoms. The van der Waals surface area contributed by atoms with Crippen molar-refractivity contribution in [3.63, 3.8) is 0 Å². The number of amides is 1. The fourth-order valence-electron chi connectivity index (χ4n) is 1.59. The van der Waals surface area contributed by atoms with Gasteiger partial charge in [-0.3, -0.25) is 4.79 Å². The molecule has 7 nitrogen and oxygen atoms in total.